The highest BCUT2D eigenvalue weighted by molar-refractivity contribution is 5.92. The molecule has 0 saturated carbocycles. The quantitative estimate of drug-likeness (QED) is 0.865. The van der Waals surface area contributed by atoms with Crippen molar-refractivity contribution in [1.82, 2.24) is 10.3 Å². The Labute approximate surface area is 116 Å². The van der Waals surface area contributed by atoms with Crippen LogP contribution in [0.5, 0.6) is 0 Å². The minimum Gasteiger partial charge on any atom is -0.380 e. The van der Waals surface area contributed by atoms with Crippen LogP contribution in [0.15, 0.2) is 47.3 Å². The Morgan fingerprint density at radius 1 is 1.20 bits per heavy atom. The summed E-state index contributed by atoms with van der Waals surface area (Å²) >= 11 is 0. The van der Waals surface area contributed by atoms with Crippen LogP contribution in [0, 0.1) is 0 Å². The Hall–Kier alpha value is -2.40. The van der Waals surface area contributed by atoms with E-state index in [2.05, 4.69) is 10.3 Å². The van der Waals surface area contributed by atoms with Crippen molar-refractivity contribution in [3.05, 3.63) is 69.6 Å². The zero-order valence-corrected chi connectivity index (χ0v) is 11.2. The van der Waals surface area contributed by atoms with E-state index < -0.39 is 0 Å². The first-order valence-electron chi connectivity index (χ1n) is 6.23. The third kappa shape index (κ3) is 3.80. The van der Waals surface area contributed by atoms with Crippen LogP contribution in [0.1, 0.15) is 21.6 Å². The number of amides is 1. The lowest BCUT2D eigenvalue weighted by Gasteiger charge is -2.07. The fourth-order valence-corrected chi connectivity index (χ4v) is 1.85. The predicted octanol–water partition coefficient (Wildman–Crippen LogP) is 1.45. The molecule has 0 aliphatic heterocycles. The Morgan fingerprint density at radius 3 is 2.70 bits per heavy atom. The SMILES string of the molecule is COCc1cccc(CNC(=O)c2cccc(=O)[nH]2)c1. The maximum absolute atomic E-state index is 11.9. The molecule has 1 aromatic heterocycles. The number of carbonyl (C=O) groups excluding carboxylic acids is 1. The molecule has 5 nitrogen and oxygen atoms in total. The normalized spacial score (nSPS) is 10.2. The smallest absolute Gasteiger partial charge is 0.268 e. The van der Waals surface area contributed by atoms with E-state index >= 15 is 0 Å². The van der Waals surface area contributed by atoms with Gasteiger partial charge in [0.2, 0.25) is 5.56 Å². The number of hydrogen-bond donors (Lipinski definition) is 2. The molecule has 5 heteroatoms. The number of methoxy groups -OCH3 is 1. The molecule has 0 fully saturated rings. The van der Waals surface area contributed by atoms with Gasteiger partial charge in [0.25, 0.3) is 5.91 Å². The number of benzene rings is 1. The van der Waals surface area contributed by atoms with Crippen LogP contribution >= 0.6 is 0 Å². The van der Waals surface area contributed by atoms with Crippen molar-refractivity contribution in [3.8, 4) is 0 Å². The van der Waals surface area contributed by atoms with Gasteiger partial charge in [0.15, 0.2) is 0 Å². The molecular formula is C15H16N2O3. The summed E-state index contributed by atoms with van der Waals surface area (Å²) in [6.45, 7) is 0.932. The maximum Gasteiger partial charge on any atom is 0.268 e. The molecule has 1 aromatic carbocycles. The van der Waals surface area contributed by atoms with Crippen molar-refractivity contribution in [1.29, 1.82) is 0 Å². The Kier molecular flexibility index (Phi) is 4.68. The van der Waals surface area contributed by atoms with Crippen LogP contribution in [0.3, 0.4) is 0 Å². The molecule has 20 heavy (non-hydrogen) atoms. The van der Waals surface area contributed by atoms with Gasteiger partial charge in [0.05, 0.1) is 6.61 Å². The lowest BCUT2D eigenvalue weighted by molar-refractivity contribution is 0.0945. The summed E-state index contributed by atoms with van der Waals surface area (Å²) in [6, 6.07) is 12.3. The summed E-state index contributed by atoms with van der Waals surface area (Å²) in [5.74, 6) is -0.306. The molecule has 0 aliphatic rings. The summed E-state index contributed by atoms with van der Waals surface area (Å²) in [7, 11) is 1.64. The van der Waals surface area contributed by atoms with E-state index in [4.69, 9.17) is 4.74 Å². The molecule has 0 unspecified atom stereocenters. The standard InChI is InChI=1S/C15H16N2O3/c1-20-10-12-5-2-4-11(8-12)9-16-15(19)13-6-3-7-14(18)17-13/h2-8H,9-10H2,1H3,(H,16,19)(H,17,18). The van der Waals surface area contributed by atoms with E-state index in [9.17, 15) is 9.59 Å². The van der Waals surface area contributed by atoms with Gasteiger partial charge in [0.1, 0.15) is 5.69 Å². The monoisotopic (exact) mass is 272 g/mol. The minimum atomic E-state index is -0.306. The van der Waals surface area contributed by atoms with E-state index in [1.54, 1.807) is 19.2 Å². The zero-order chi connectivity index (χ0) is 14.4. The van der Waals surface area contributed by atoms with Gasteiger partial charge in [-0.2, -0.15) is 0 Å². The van der Waals surface area contributed by atoms with Crippen LogP contribution in [0.2, 0.25) is 0 Å². The molecule has 0 atom stereocenters. The summed E-state index contributed by atoms with van der Waals surface area (Å²) in [6.07, 6.45) is 0. The first kappa shape index (κ1) is 14.0. The lowest BCUT2D eigenvalue weighted by Crippen LogP contribution is -2.25. The molecule has 104 valence electrons. The number of hydrogen-bond acceptors (Lipinski definition) is 3. The fraction of sp³-hybridized carbons (Fsp3) is 0.200. The highest BCUT2D eigenvalue weighted by atomic mass is 16.5. The van der Waals surface area contributed by atoms with Gasteiger partial charge >= 0.3 is 0 Å². The van der Waals surface area contributed by atoms with Gasteiger partial charge in [-0.1, -0.05) is 30.3 Å². The van der Waals surface area contributed by atoms with E-state index in [-0.39, 0.29) is 17.2 Å². The first-order valence-corrected chi connectivity index (χ1v) is 6.23. The number of H-pyrrole nitrogens is 1. The van der Waals surface area contributed by atoms with Gasteiger partial charge in [-0.25, -0.2) is 0 Å². The number of nitrogens with one attached hydrogen (secondary N) is 2. The van der Waals surface area contributed by atoms with E-state index in [1.807, 2.05) is 24.3 Å². The average molecular weight is 272 g/mol. The van der Waals surface area contributed by atoms with Gasteiger partial charge in [-0.15, -0.1) is 0 Å². The number of aromatic nitrogens is 1. The van der Waals surface area contributed by atoms with E-state index in [1.165, 1.54) is 6.07 Å². The number of rotatable bonds is 5. The molecule has 2 N–H and O–H groups in total. The molecule has 2 aromatic rings. The van der Waals surface area contributed by atoms with Crippen molar-refractivity contribution < 1.29 is 9.53 Å². The molecule has 0 bridgehead atoms. The highest BCUT2D eigenvalue weighted by Crippen LogP contribution is 2.06. The number of pyridine rings is 1. The van der Waals surface area contributed by atoms with Crippen LogP contribution in [0.25, 0.3) is 0 Å². The van der Waals surface area contributed by atoms with E-state index in [0.29, 0.717) is 13.2 Å². The summed E-state index contributed by atoms with van der Waals surface area (Å²) in [5.41, 5.74) is 1.99. The number of aromatic amines is 1. The Balaban J connectivity index is 1.99. The molecule has 0 aliphatic carbocycles. The zero-order valence-electron chi connectivity index (χ0n) is 11.2. The second kappa shape index (κ2) is 6.68. The second-order valence-electron chi connectivity index (χ2n) is 4.36. The van der Waals surface area contributed by atoms with Crippen LogP contribution < -0.4 is 10.9 Å². The predicted molar refractivity (Wildman–Crippen MR) is 75.4 cm³/mol. The molecule has 0 radical (unpaired) electrons. The average Bonchev–Trinajstić information content (AvgIpc) is 2.45. The molecule has 1 heterocycles. The lowest BCUT2D eigenvalue weighted by atomic mass is 10.1. The van der Waals surface area contributed by atoms with Gasteiger partial charge < -0.3 is 15.0 Å². The van der Waals surface area contributed by atoms with Crippen molar-refractivity contribution in [2.24, 2.45) is 0 Å². The van der Waals surface area contributed by atoms with E-state index in [0.717, 1.165) is 11.1 Å². The molecule has 2 rings (SSSR count). The maximum atomic E-state index is 11.9. The third-order valence-corrected chi connectivity index (χ3v) is 2.77. The molecule has 1 amide bonds. The third-order valence-electron chi connectivity index (χ3n) is 2.77. The Bertz CT molecular complexity index is 649. The fourth-order valence-electron chi connectivity index (χ4n) is 1.85. The minimum absolute atomic E-state index is 0.255. The molecular weight excluding hydrogens is 256 g/mol. The van der Waals surface area contributed by atoms with Gasteiger partial charge in [-0.05, 0) is 17.2 Å². The van der Waals surface area contributed by atoms with Gasteiger partial charge in [0, 0.05) is 19.7 Å². The Morgan fingerprint density at radius 2 is 1.95 bits per heavy atom. The second-order valence-corrected chi connectivity index (χ2v) is 4.36. The van der Waals surface area contributed by atoms with Crippen molar-refractivity contribution >= 4 is 5.91 Å². The number of carbonyl (C=O) groups is 1. The highest BCUT2D eigenvalue weighted by Gasteiger charge is 2.05. The largest absolute Gasteiger partial charge is 0.380 e. The van der Waals surface area contributed by atoms with Crippen molar-refractivity contribution in [2.45, 2.75) is 13.2 Å². The first-order chi connectivity index (χ1) is 9.69. The van der Waals surface area contributed by atoms with Gasteiger partial charge in [-0.3, -0.25) is 9.59 Å². The number of ether oxygens (including phenoxy) is 1. The summed E-state index contributed by atoms with van der Waals surface area (Å²) in [5, 5.41) is 2.76. The van der Waals surface area contributed by atoms with Crippen molar-refractivity contribution in [3.63, 3.8) is 0 Å². The van der Waals surface area contributed by atoms with Crippen LogP contribution in [0.4, 0.5) is 0 Å². The summed E-state index contributed by atoms with van der Waals surface area (Å²) in [4.78, 5) is 25.5. The van der Waals surface area contributed by atoms with Crippen LogP contribution in [-0.4, -0.2) is 18.0 Å². The topological polar surface area (TPSA) is 71.2 Å². The summed E-state index contributed by atoms with van der Waals surface area (Å²) < 4.78 is 5.06. The molecule has 0 spiro atoms. The van der Waals surface area contributed by atoms with Crippen LogP contribution in [-0.2, 0) is 17.9 Å². The van der Waals surface area contributed by atoms with Crippen molar-refractivity contribution in [2.75, 3.05) is 7.11 Å². The molecule has 0 saturated heterocycles.